The van der Waals surface area contributed by atoms with Gasteiger partial charge < -0.3 is 5.32 Å². The van der Waals surface area contributed by atoms with Crippen molar-refractivity contribution in [3.63, 3.8) is 0 Å². The van der Waals surface area contributed by atoms with Crippen LogP contribution < -0.4 is 5.32 Å². The molecule has 3 rings (SSSR count). The molecule has 0 saturated heterocycles. The fourth-order valence-corrected chi connectivity index (χ4v) is 2.25. The molecule has 2 aromatic heterocycles. The average Bonchev–Trinajstić information content (AvgIpc) is 3.18. The van der Waals surface area contributed by atoms with Gasteiger partial charge in [-0.1, -0.05) is 10.6 Å². The minimum atomic E-state index is -4.43. The Balaban J connectivity index is 1.81. The van der Waals surface area contributed by atoms with Gasteiger partial charge in [0.1, 0.15) is 0 Å². The highest BCUT2D eigenvalue weighted by molar-refractivity contribution is 7.03. The van der Waals surface area contributed by atoms with Gasteiger partial charge in [0.05, 0.1) is 29.3 Å². The number of carbonyl (C=O) groups is 1. The summed E-state index contributed by atoms with van der Waals surface area (Å²) in [5.41, 5.74) is -0.0532. The molecule has 1 amide bonds. The zero-order valence-electron chi connectivity index (χ0n) is 11.3. The molecule has 0 aliphatic carbocycles. The second-order valence-corrected chi connectivity index (χ2v) is 5.08. The number of amides is 1. The number of nitrogens with zero attached hydrogens (tertiary/aromatic N) is 4. The highest BCUT2D eigenvalue weighted by Gasteiger charge is 2.30. The van der Waals surface area contributed by atoms with Gasteiger partial charge in [-0.05, 0) is 29.7 Å². The highest BCUT2D eigenvalue weighted by atomic mass is 32.1. The molecule has 1 aromatic carbocycles. The van der Waals surface area contributed by atoms with E-state index in [0.717, 1.165) is 23.7 Å². The molecule has 23 heavy (non-hydrogen) atoms. The van der Waals surface area contributed by atoms with Crippen molar-refractivity contribution in [3.8, 4) is 5.69 Å². The first-order valence-electron chi connectivity index (χ1n) is 6.24. The zero-order chi connectivity index (χ0) is 16.4. The van der Waals surface area contributed by atoms with Gasteiger partial charge in [0.2, 0.25) is 0 Å². The molecule has 0 bridgehead atoms. The molecule has 0 aliphatic heterocycles. The Kier molecular flexibility index (Phi) is 3.82. The third-order valence-electron chi connectivity index (χ3n) is 2.87. The van der Waals surface area contributed by atoms with Crippen LogP contribution in [0.15, 0.2) is 42.0 Å². The minimum absolute atomic E-state index is 0.154. The van der Waals surface area contributed by atoms with Gasteiger partial charge in [0.25, 0.3) is 5.91 Å². The maximum absolute atomic E-state index is 12.7. The molecule has 6 nitrogen and oxygen atoms in total. The summed E-state index contributed by atoms with van der Waals surface area (Å²) < 4.78 is 43.0. The van der Waals surface area contributed by atoms with E-state index in [9.17, 15) is 18.0 Å². The van der Waals surface area contributed by atoms with Gasteiger partial charge in [-0.3, -0.25) is 4.79 Å². The molecule has 0 spiro atoms. The van der Waals surface area contributed by atoms with Crippen LogP contribution in [-0.2, 0) is 6.18 Å². The number of hydrogen-bond donors (Lipinski definition) is 1. The lowest BCUT2D eigenvalue weighted by molar-refractivity contribution is -0.137. The van der Waals surface area contributed by atoms with E-state index in [2.05, 4.69) is 20.0 Å². The summed E-state index contributed by atoms with van der Waals surface area (Å²) >= 11 is 1.04. The first kappa shape index (κ1) is 15.2. The summed E-state index contributed by atoms with van der Waals surface area (Å²) in [6, 6.07) is 4.73. The molecule has 1 N–H and O–H groups in total. The number of nitrogens with one attached hydrogen (secondary N) is 1. The average molecular weight is 339 g/mol. The third-order valence-corrected chi connectivity index (χ3v) is 3.38. The van der Waals surface area contributed by atoms with Gasteiger partial charge in [0.15, 0.2) is 5.69 Å². The third kappa shape index (κ3) is 3.37. The van der Waals surface area contributed by atoms with Crippen LogP contribution in [0.2, 0.25) is 0 Å². The SMILES string of the molecule is O=C(Nc1cnn(-c2cccc(C(F)(F)F)c2)c1)c1csnn1. The molecule has 0 atom stereocenters. The zero-order valence-corrected chi connectivity index (χ0v) is 12.1. The van der Waals surface area contributed by atoms with Crippen LogP contribution in [0.5, 0.6) is 0 Å². The predicted molar refractivity (Wildman–Crippen MR) is 76.4 cm³/mol. The van der Waals surface area contributed by atoms with E-state index in [4.69, 9.17) is 0 Å². The van der Waals surface area contributed by atoms with E-state index in [1.807, 2.05) is 0 Å². The lowest BCUT2D eigenvalue weighted by Gasteiger charge is -2.08. The number of halogens is 3. The van der Waals surface area contributed by atoms with E-state index in [1.54, 1.807) is 0 Å². The van der Waals surface area contributed by atoms with E-state index < -0.39 is 17.6 Å². The topological polar surface area (TPSA) is 72.7 Å². The molecule has 2 heterocycles. The lowest BCUT2D eigenvalue weighted by Crippen LogP contribution is -2.11. The summed E-state index contributed by atoms with van der Waals surface area (Å²) in [4.78, 5) is 11.8. The summed E-state index contributed by atoms with van der Waals surface area (Å²) in [6.45, 7) is 0. The van der Waals surface area contributed by atoms with E-state index in [0.29, 0.717) is 5.69 Å². The quantitative estimate of drug-likeness (QED) is 0.796. The second kappa shape index (κ2) is 5.80. The molecule has 0 saturated carbocycles. The molecule has 0 fully saturated rings. The monoisotopic (exact) mass is 339 g/mol. The van der Waals surface area contributed by atoms with Gasteiger partial charge in [-0.2, -0.15) is 18.3 Å². The molecule has 0 aliphatic rings. The fourth-order valence-electron chi connectivity index (χ4n) is 1.81. The molecule has 3 aromatic rings. The van der Waals surface area contributed by atoms with E-state index >= 15 is 0 Å². The standard InChI is InChI=1S/C13H8F3N5OS/c14-13(15,16)8-2-1-3-10(4-8)21-6-9(5-17-21)18-12(22)11-7-23-20-19-11/h1-7H,(H,18,22). The van der Waals surface area contributed by atoms with Crippen molar-refractivity contribution in [2.45, 2.75) is 6.18 Å². The van der Waals surface area contributed by atoms with E-state index in [1.165, 1.54) is 34.6 Å². The molecule has 0 unspecified atom stereocenters. The first-order chi connectivity index (χ1) is 10.9. The van der Waals surface area contributed by atoms with Crippen LogP contribution in [0, 0.1) is 0 Å². The van der Waals surface area contributed by atoms with Gasteiger partial charge in [0, 0.05) is 5.38 Å². The second-order valence-electron chi connectivity index (χ2n) is 4.47. The largest absolute Gasteiger partial charge is 0.416 e. The van der Waals surface area contributed by atoms with Crippen molar-refractivity contribution in [1.82, 2.24) is 19.4 Å². The lowest BCUT2D eigenvalue weighted by atomic mass is 10.2. The van der Waals surface area contributed by atoms with Gasteiger partial charge in [-0.15, -0.1) is 5.10 Å². The normalized spacial score (nSPS) is 11.4. The summed E-state index contributed by atoms with van der Waals surface area (Å²) in [7, 11) is 0. The number of aromatic nitrogens is 4. The Morgan fingerprint density at radius 2 is 2.13 bits per heavy atom. The molecular formula is C13H8F3N5OS. The Labute approximate surface area is 131 Å². The number of anilines is 1. The smallest absolute Gasteiger partial charge is 0.318 e. The Hall–Kier alpha value is -2.75. The fraction of sp³-hybridized carbons (Fsp3) is 0.0769. The van der Waals surface area contributed by atoms with Crippen molar-refractivity contribution in [3.05, 3.63) is 53.3 Å². The van der Waals surface area contributed by atoms with E-state index in [-0.39, 0.29) is 11.4 Å². The van der Waals surface area contributed by atoms with Gasteiger partial charge in [-0.25, -0.2) is 4.68 Å². The predicted octanol–water partition coefficient (Wildman–Crippen LogP) is 2.99. The van der Waals surface area contributed by atoms with Crippen molar-refractivity contribution in [2.24, 2.45) is 0 Å². The molecule has 118 valence electrons. The summed E-state index contributed by atoms with van der Waals surface area (Å²) in [5.74, 6) is -0.470. The van der Waals surface area contributed by atoms with Crippen LogP contribution in [-0.4, -0.2) is 25.3 Å². The molecule has 10 heteroatoms. The minimum Gasteiger partial charge on any atom is -0.318 e. The van der Waals surface area contributed by atoms with Crippen LogP contribution in [0.1, 0.15) is 16.1 Å². The number of alkyl halides is 3. The van der Waals surface area contributed by atoms with Crippen molar-refractivity contribution < 1.29 is 18.0 Å². The highest BCUT2D eigenvalue weighted by Crippen LogP contribution is 2.30. The van der Waals surface area contributed by atoms with Crippen molar-refractivity contribution in [2.75, 3.05) is 5.32 Å². The Bertz CT molecular complexity index is 828. The summed E-state index contributed by atoms with van der Waals surface area (Å²) in [6.07, 6.45) is -1.69. The van der Waals surface area contributed by atoms with Crippen LogP contribution in [0.3, 0.4) is 0 Å². The first-order valence-corrected chi connectivity index (χ1v) is 7.08. The molecular weight excluding hydrogens is 331 g/mol. The maximum Gasteiger partial charge on any atom is 0.416 e. The maximum atomic E-state index is 12.7. The Morgan fingerprint density at radius 3 is 2.83 bits per heavy atom. The van der Waals surface area contributed by atoms with Crippen LogP contribution in [0.4, 0.5) is 18.9 Å². The number of benzene rings is 1. The molecule has 0 radical (unpaired) electrons. The number of hydrogen-bond acceptors (Lipinski definition) is 5. The van der Waals surface area contributed by atoms with Crippen LogP contribution >= 0.6 is 11.5 Å². The van der Waals surface area contributed by atoms with Crippen molar-refractivity contribution in [1.29, 1.82) is 0 Å². The van der Waals surface area contributed by atoms with Crippen molar-refractivity contribution >= 4 is 23.1 Å². The van der Waals surface area contributed by atoms with Crippen LogP contribution in [0.25, 0.3) is 5.69 Å². The number of carbonyl (C=O) groups excluding carboxylic acids is 1. The van der Waals surface area contributed by atoms with Gasteiger partial charge >= 0.3 is 6.18 Å². The Morgan fingerprint density at radius 1 is 1.30 bits per heavy atom. The summed E-state index contributed by atoms with van der Waals surface area (Å²) in [5, 5.41) is 11.6. The number of rotatable bonds is 3.